The normalized spacial score (nSPS) is 10.3. The van der Waals surface area contributed by atoms with Crippen LogP contribution in [0.4, 0.5) is 17.5 Å². The molecule has 0 saturated carbocycles. The molecule has 3 rings (SSSR count). The van der Waals surface area contributed by atoms with Gasteiger partial charge in [-0.25, -0.2) is 4.98 Å². The zero-order valence-electron chi connectivity index (χ0n) is 12.8. The fourth-order valence-corrected chi connectivity index (χ4v) is 2.39. The molecule has 0 aliphatic rings. The van der Waals surface area contributed by atoms with E-state index in [1.165, 1.54) is 5.56 Å². The van der Waals surface area contributed by atoms with Crippen LogP contribution >= 0.6 is 11.6 Å². The Hall–Kier alpha value is -2.59. The van der Waals surface area contributed by atoms with Gasteiger partial charge in [0.15, 0.2) is 0 Å². The molecule has 2 N–H and O–H groups in total. The van der Waals surface area contributed by atoms with Crippen LogP contribution in [-0.2, 0) is 6.54 Å². The molecule has 2 aromatic carbocycles. The number of hydrogen-bond acceptors (Lipinski definition) is 4. The average Bonchev–Trinajstić information content (AvgIpc) is 2.53. The summed E-state index contributed by atoms with van der Waals surface area (Å²) in [5.74, 6) is 1.33. The molecule has 0 bridgehead atoms. The first-order valence-corrected chi connectivity index (χ1v) is 7.73. The number of aryl methyl sites for hydroxylation is 1. The second-order valence-electron chi connectivity index (χ2n) is 5.19. The van der Waals surface area contributed by atoms with E-state index < -0.39 is 0 Å². The Labute approximate surface area is 140 Å². The standard InChI is InChI=1S/C18H17ClN4/c1-13-10-17(20-12-14-6-3-2-4-7-14)23-18(21-13)22-16-9-5-8-15(19)11-16/h2-11H,12H2,1H3,(H2,20,21,22,23). The van der Waals surface area contributed by atoms with Gasteiger partial charge in [-0.15, -0.1) is 0 Å². The summed E-state index contributed by atoms with van der Waals surface area (Å²) in [5.41, 5.74) is 2.95. The Bertz CT molecular complexity index is 790. The van der Waals surface area contributed by atoms with Gasteiger partial charge in [0.2, 0.25) is 5.95 Å². The Morgan fingerprint density at radius 2 is 1.78 bits per heavy atom. The fraction of sp³-hybridized carbons (Fsp3) is 0.111. The second-order valence-corrected chi connectivity index (χ2v) is 5.63. The van der Waals surface area contributed by atoms with Crippen molar-refractivity contribution in [3.8, 4) is 0 Å². The lowest BCUT2D eigenvalue weighted by Crippen LogP contribution is -2.05. The summed E-state index contributed by atoms with van der Waals surface area (Å²) in [6.07, 6.45) is 0. The summed E-state index contributed by atoms with van der Waals surface area (Å²) in [7, 11) is 0. The van der Waals surface area contributed by atoms with Crippen LogP contribution in [0.25, 0.3) is 0 Å². The molecule has 3 aromatic rings. The van der Waals surface area contributed by atoms with Crippen molar-refractivity contribution in [3.05, 3.63) is 76.9 Å². The van der Waals surface area contributed by atoms with Crippen molar-refractivity contribution < 1.29 is 0 Å². The SMILES string of the molecule is Cc1cc(NCc2ccccc2)nc(Nc2cccc(Cl)c2)n1. The summed E-state index contributed by atoms with van der Waals surface area (Å²) in [4.78, 5) is 8.91. The van der Waals surface area contributed by atoms with Crippen molar-refractivity contribution in [2.45, 2.75) is 13.5 Å². The Balaban J connectivity index is 1.73. The summed E-state index contributed by atoms with van der Waals surface area (Å²) in [6, 6.07) is 19.6. The topological polar surface area (TPSA) is 49.8 Å². The zero-order valence-corrected chi connectivity index (χ0v) is 13.5. The molecule has 4 nitrogen and oxygen atoms in total. The van der Waals surface area contributed by atoms with Gasteiger partial charge in [0, 0.05) is 29.0 Å². The largest absolute Gasteiger partial charge is 0.366 e. The third-order valence-electron chi connectivity index (χ3n) is 3.25. The molecule has 0 aliphatic carbocycles. The highest BCUT2D eigenvalue weighted by molar-refractivity contribution is 6.30. The maximum atomic E-state index is 6.00. The first-order valence-electron chi connectivity index (χ1n) is 7.35. The van der Waals surface area contributed by atoms with Crippen LogP contribution in [0.2, 0.25) is 5.02 Å². The molecule has 116 valence electrons. The van der Waals surface area contributed by atoms with E-state index in [1.807, 2.05) is 55.5 Å². The van der Waals surface area contributed by atoms with Crippen LogP contribution in [0.15, 0.2) is 60.7 Å². The average molecular weight is 325 g/mol. The lowest BCUT2D eigenvalue weighted by atomic mass is 10.2. The molecule has 5 heteroatoms. The molecule has 0 fully saturated rings. The maximum Gasteiger partial charge on any atom is 0.229 e. The number of hydrogen-bond donors (Lipinski definition) is 2. The number of anilines is 3. The molecule has 0 radical (unpaired) electrons. The van der Waals surface area contributed by atoms with Crippen LogP contribution < -0.4 is 10.6 Å². The van der Waals surface area contributed by atoms with Crippen molar-refractivity contribution in [1.82, 2.24) is 9.97 Å². The molecule has 0 amide bonds. The van der Waals surface area contributed by atoms with Crippen LogP contribution in [-0.4, -0.2) is 9.97 Å². The Kier molecular flexibility index (Phi) is 4.74. The molecule has 0 unspecified atom stereocenters. The van der Waals surface area contributed by atoms with Crippen LogP contribution in [0.3, 0.4) is 0 Å². The molecule has 1 aromatic heterocycles. The number of benzene rings is 2. The van der Waals surface area contributed by atoms with Crippen molar-refractivity contribution in [1.29, 1.82) is 0 Å². The molecule has 23 heavy (non-hydrogen) atoms. The first kappa shape index (κ1) is 15.3. The third-order valence-corrected chi connectivity index (χ3v) is 3.49. The van der Waals surface area contributed by atoms with Gasteiger partial charge in [0.05, 0.1) is 0 Å². The van der Waals surface area contributed by atoms with E-state index in [0.29, 0.717) is 17.5 Å². The monoisotopic (exact) mass is 324 g/mol. The van der Waals surface area contributed by atoms with Gasteiger partial charge in [-0.1, -0.05) is 48.0 Å². The molecular formula is C18H17ClN4. The Morgan fingerprint density at radius 3 is 2.57 bits per heavy atom. The summed E-state index contributed by atoms with van der Waals surface area (Å²) in [6.45, 7) is 2.66. The van der Waals surface area contributed by atoms with E-state index in [2.05, 4.69) is 32.7 Å². The lowest BCUT2D eigenvalue weighted by molar-refractivity contribution is 1.06. The van der Waals surface area contributed by atoms with Gasteiger partial charge < -0.3 is 10.6 Å². The minimum atomic E-state index is 0.544. The molecular weight excluding hydrogens is 308 g/mol. The van der Waals surface area contributed by atoms with Gasteiger partial charge in [0.1, 0.15) is 5.82 Å². The van der Waals surface area contributed by atoms with Gasteiger partial charge in [-0.2, -0.15) is 4.98 Å². The molecule has 1 heterocycles. The fourth-order valence-electron chi connectivity index (χ4n) is 2.20. The number of halogens is 1. The van der Waals surface area contributed by atoms with Crippen molar-refractivity contribution in [3.63, 3.8) is 0 Å². The summed E-state index contributed by atoms with van der Waals surface area (Å²) >= 11 is 6.00. The predicted octanol–water partition coefficient (Wildman–Crippen LogP) is 4.79. The van der Waals surface area contributed by atoms with Crippen LogP contribution in [0.5, 0.6) is 0 Å². The van der Waals surface area contributed by atoms with Gasteiger partial charge in [0.25, 0.3) is 0 Å². The number of aromatic nitrogens is 2. The van der Waals surface area contributed by atoms with Gasteiger partial charge >= 0.3 is 0 Å². The van der Waals surface area contributed by atoms with E-state index in [4.69, 9.17) is 11.6 Å². The molecule has 0 atom stereocenters. The van der Waals surface area contributed by atoms with E-state index in [0.717, 1.165) is 17.2 Å². The van der Waals surface area contributed by atoms with E-state index in [-0.39, 0.29) is 0 Å². The highest BCUT2D eigenvalue weighted by atomic mass is 35.5. The molecule has 0 aliphatic heterocycles. The van der Waals surface area contributed by atoms with E-state index >= 15 is 0 Å². The minimum Gasteiger partial charge on any atom is -0.366 e. The highest BCUT2D eigenvalue weighted by Gasteiger charge is 2.03. The minimum absolute atomic E-state index is 0.544. The number of rotatable bonds is 5. The van der Waals surface area contributed by atoms with E-state index in [9.17, 15) is 0 Å². The van der Waals surface area contributed by atoms with Crippen LogP contribution in [0.1, 0.15) is 11.3 Å². The predicted molar refractivity (Wildman–Crippen MR) is 95.3 cm³/mol. The van der Waals surface area contributed by atoms with Gasteiger partial charge in [-0.05, 0) is 30.7 Å². The lowest BCUT2D eigenvalue weighted by Gasteiger charge is -2.10. The highest BCUT2D eigenvalue weighted by Crippen LogP contribution is 2.19. The van der Waals surface area contributed by atoms with Gasteiger partial charge in [-0.3, -0.25) is 0 Å². The second kappa shape index (κ2) is 7.11. The molecule has 0 saturated heterocycles. The first-order chi connectivity index (χ1) is 11.2. The number of nitrogens with zero attached hydrogens (tertiary/aromatic N) is 2. The van der Waals surface area contributed by atoms with Crippen molar-refractivity contribution in [2.75, 3.05) is 10.6 Å². The van der Waals surface area contributed by atoms with Crippen molar-refractivity contribution in [2.24, 2.45) is 0 Å². The quantitative estimate of drug-likeness (QED) is 0.708. The third kappa shape index (κ3) is 4.44. The molecule has 0 spiro atoms. The van der Waals surface area contributed by atoms with Crippen LogP contribution in [0, 0.1) is 6.92 Å². The Morgan fingerprint density at radius 1 is 0.957 bits per heavy atom. The smallest absolute Gasteiger partial charge is 0.229 e. The summed E-state index contributed by atoms with van der Waals surface area (Å²) in [5, 5.41) is 7.17. The maximum absolute atomic E-state index is 6.00. The van der Waals surface area contributed by atoms with E-state index in [1.54, 1.807) is 0 Å². The zero-order chi connectivity index (χ0) is 16.1. The number of nitrogens with one attached hydrogen (secondary N) is 2. The summed E-state index contributed by atoms with van der Waals surface area (Å²) < 4.78 is 0. The van der Waals surface area contributed by atoms with Crippen molar-refractivity contribution >= 4 is 29.1 Å².